The summed E-state index contributed by atoms with van der Waals surface area (Å²) in [5, 5.41) is 10.3. The standard InChI is InChI=1S/C24H13ClF3NO7/c1-12-2-5-14(6-3-12)34-21-20(30)17-9-7-15(11-19(17)36-22(21)24(26,27)28)35-23(31)16-8-4-13(29(32)33)10-18(16)25/h2-11H,1H3. The van der Waals surface area contributed by atoms with Crippen LogP contribution < -0.4 is 14.9 Å². The number of non-ortho nitro benzene ring substituents is 1. The average Bonchev–Trinajstić information content (AvgIpc) is 2.81. The van der Waals surface area contributed by atoms with Gasteiger partial charge in [0.15, 0.2) is 0 Å². The van der Waals surface area contributed by atoms with Crippen LogP contribution >= 0.6 is 11.6 Å². The lowest BCUT2D eigenvalue weighted by Gasteiger charge is -2.14. The zero-order chi connectivity index (χ0) is 26.2. The van der Waals surface area contributed by atoms with Gasteiger partial charge < -0.3 is 13.9 Å². The number of halogens is 4. The van der Waals surface area contributed by atoms with Crippen molar-refractivity contribution in [2.24, 2.45) is 0 Å². The summed E-state index contributed by atoms with van der Waals surface area (Å²) in [6, 6.07) is 12.3. The SMILES string of the molecule is Cc1ccc(Oc2c(C(F)(F)F)oc3cc(OC(=O)c4ccc([N+](=O)[O-])cc4Cl)ccc3c2=O)cc1. The molecule has 0 amide bonds. The lowest BCUT2D eigenvalue weighted by atomic mass is 10.2. The normalized spacial score (nSPS) is 11.4. The van der Waals surface area contributed by atoms with E-state index >= 15 is 0 Å². The third-order valence-corrected chi connectivity index (χ3v) is 5.23. The number of esters is 1. The van der Waals surface area contributed by atoms with E-state index in [0.29, 0.717) is 0 Å². The van der Waals surface area contributed by atoms with Gasteiger partial charge in [-0.25, -0.2) is 4.79 Å². The van der Waals surface area contributed by atoms with E-state index in [4.69, 9.17) is 25.5 Å². The van der Waals surface area contributed by atoms with Crippen LogP contribution in [0.2, 0.25) is 5.02 Å². The number of alkyl halides is 3. The molecule has 0 N–H and O–H groups in total. The number of nitrogens with zero attached hydrogens (tertiary/aromatic N) is 1. The van der Waals surface area contributed by atoms with Gasteiger partial charge in [0.05, 0.1) is 20.9 Å². The van der Waals surface area contributed by atoms with Crippen LogP contribution in [0.15, 0.2) is 69.9 Å². The van der Waals surface area contributed by atoms with E-state index in [1.807, 2.05) is 0 Å². The first-order valence-electron chi connectivity index (χ1n) is 10.0. The summed E-state index contributed by atoms with van der Waals surface area (Å²) in [6.07, 6.45) is -5.08. The second-order valence-electron chi connectivity index (χ2n) is 7.47. The molecular formula is C24H13ClF3NO7. The minimum atomic E-state index is -5.08. The zero-order valence-electron chi connectivity index (χ0n) is 18.1. The van der Waals surface area contributed by atoms with Crippen molar-refractivity contribution >= 4 is 34.2 Å². The summed E-state index contributed by atoms with van der Waals surface area (Å²) in [4.78, 5) is 35.5. The molecule has 0 saturated carbocycles. The van der Waals surface area contributed by atoms with E-state index in [2.05, 4.69) is 0 Å². The highest BCUT2D eigenvalue weighted by molar-refractivity contribution is 6.33. The van der Waals surface area contributed by atoms with Crippen molar-refractivity contribution in [3.8, 4) is 17.2 Å². The molecule has 0 aliphatic carbocycles. The van der Waals surface area contributed by atoms with Crippen LogP contribution in [0.4, 0.5) is 18.9 Å². The van der Waals surface area contributed by atoms with Gasteiger partial charge in [-0.3, -0.25) is 14.9 Å². The largest absolute Gasteiger partial charge is 0.453 e. The summed E-state index contributed by atoms with van der Waals surface area (Å²) >= 11 is 5.91. The maximum atomic E-state index is 13.7. The molecule has 184 valence electrons. The van der Waals surface area contributed by atoms with Crippen molar-refractivity contribution in [2.75, 3.05) is 0 Å². The number of hydrogen-bond acceptors (Lipinski definition) is 7. The zero-order valence-corrected chi connectivity index (χ0v) is 18.8. The second kappa shape index (κ2) is 9.34. The number of carbonyl (C=O) groups excluding carboxylic acids is 1. The lowest BCUT2D eigenvalue weighted by molar-refractivity contribution is -0.384. The number of fused-ring (bicyclic) bond motifs is 1. The molecule has 0 aliphatic rings. The topological polar surface area (TPSA) is 109 Å². The number of carbonyl (C=O) groups is 1. The van der Waals surface area contributed by atoms with Gasteiger partial charge in [0, 0.05) is 18.2 Å². The van der Waals surface area contributed by atoms with E-state index < -0.39 is 39.6 Å². The van der Waals surface area contributed by atoms with Gasteiger partial charge in [0.2, 0.25) is 11.2 Å². The quantitative estimate of drug-likeness (QED) is 0.125. The van der Waals surface area contributed by atoms with Crippen molar-refractivity contribution < 1.29 is 36.8 Å². The van der Waals surface area contributed by atoms with E-state index in [9.17, 15) is 32.9 Å². The molecule has 0 fully saturated rings. The van der Waals surface area contributed by atoms with Gasteiger partial charge in [-0.2, -0.15) is 13.2 Å². The Kier molecular flexibility index (Phi) is 6.42. The molecule has 3 aromatic carbocycles. The van der Waals surface area contributed by atoms with Crippen LogP contribution in [0.3, 0.4) is 0 Å². The van der Waals surface area contributed by atoms with Gasteiger partial charge in [-0.1, -0.05) is 29.3 Å². The highest BCUT2D eigenvalue weighted by atomic mass is 35.5. The Balaban J connectivity index is 1.72. The Bertz CT molecular complexity index is 1560. The first-order chi connectivity index (χ1) is 16.9. The number of rotatable bonds is 5. The van der Waals surface area contributed by atoms with Gasteiger partial charge in [0.25, 0.3) is 11.4 Å². The van der Waals surface area contributed by atoms with Crippen molar-refractivity contribution in [3.63, 3.8) is 0 Å². The number of nitro groups is 1. The van der Waals surface area contributed by atoms with Crippen LogP contribution in [-0.2, 0) is 6.18 Å². The predicted molar refractivity (Wildman–Crippen MR) is 122 cm³/mol. The summed E-state index contributed by atoms with van der Waals surface area (Å²) in [6.45, 7) is 1.77. The van der Waals surface area contributed by atoms with E-state index in [0.717, 1.165) is 35.9 Å². The molecular weight excluding hydrogens is 507 g/mol. The van der Waals surface area contributed by atoms with Crippen LogP contribution in [0.1, 0.15) is 21.7 Å². The molecule has 0 saturated heterocycles. The Morgan fingerprint density at radius 1 is 1.03 bits per heavy atom. The summed E-state index contributed by atoms with van der Waals surface area (Å²) < 4.78 is 56.5. The summed E-state index contributed by atoms with van der Waals surface area (Å²) in [5.41, 5.74) is -1.33. The first kappa shape index (κ1) is 24.7. The van der Waals surface area contributed by atoms with Crippen LogP contribution in [-0.4, -0.2) is 10.9 Å². The maximum absolute atomic E-state index is 13.7. The van der Waals surface area contributed by atoms with Crippen molar-refractivity contribution in [1.82, 2.24) is 0 Å². The number of ether oxygens (including phenoxy) is 2. The molecule has 1 heterocycles. The third-order valence-electron chi connectivity index (χ3n) is 4.91. The summed E-state index contributed by atoms with van der Waals surface area (Å²) in [7, 11) is 0. The van der Waals surface area contributed by atoms with Crippen LogP contribution in [0.25, 0.3) is 11.0 Å². The highest BCUT2D eigenvalue weighted by Gasteiger charge is 2.40. The highest BCUT2D eigenvalue weighted by Crippen LogP contribution is 2.38. The summed E-state index contributed by atoms with van der Waals surface area (Å²) in [5.74, 6) is -4.00. The van der Waals surface area contributed by atoms with E-state index in [1.165, 1.54) is 18.2 Å². The molecule has 1 aromatic heterocycles. The van der Waals surface area contributed by atoms with E-state index in [1.54, 1.807) is 19.1 Å². The molecule has 12 heteroatoms. The van der Waals surface area contributed by atoms with E-state index in [-0.39, 0.29) is 33.2 Å². The number of benzene rings is 3. The van der Waals surface area contributed by atoms with Crippen LogP contribution in [0, 0.1) is 17.0 Å². The minimum absolute atomic E-state index is 0.00303. The molecule has 0 radical (unpaired) electrons. The Morgan fingerprint density at radius 3 is 2.31 bits per heavy atom. The smallest absolute Gasteiger partial charge is 0.449 e. The molecule has 36 heavy (non-hydrogen) atoms. The Hall–Kier alpha value is -4.38. The average molecular weight is 520 g/mol. The predicted octanol–water partition coefficient (Wildman–Crippen LogP) is 6.69. The lowest BCUT2D eigenvalue weighted by Crippen LogP contribution is -2.15. The Labute approximate surface area is 204 Å². The Morgan fingerprint density at radius 2 is 1.69 bits per heavy atom. The van der Waals surface area contributed by atoms with Crippen molar-refractivity contribution in [1.29, 1.82) is 0 Å². The van der Waals surface area contributed by atoms with Gasteiger partial charge in [0.1, 0.15) is 17.1 Å². The first-order valence-corrected chi connectivity index (χ1v) is 10.4. The van der Waals surface area contributed by atoms with Gasteiger partial charge in [-0.05, 0) is 37.3 Å². The maximum Gasteiger partial charge on any atom is 0.453 e. The molecule has 0 aliphatic heterocycles. The van der Waals surface area contributed by atoms with Crippen molar-refractivity contribution in [3.05, 3.63) is 103 Å². The monoisotopic (exact) mass is 519 g/mol. The number of aryl methyl sites for hydroxylation is 1. The van der Waals surface area contributed by atoms with Gasteiger partial charge >= 0.3 is 12.1 Å². The third kappa shape index (κ3) is 5.01. The molecule has 0 bridgehead atoms. The van der Waals surface area contributed by atoms with Crippen LogP contribution in [0.5, 0.6) is 17.2 Å². The molecule has 4 rings (SSSR count). The fourth-order valence-corrected chi connectivity index (χ4v) is 3.42. The fourth-order valence-electron chi connectivity index (χ4n) is 3.17. The molecule has 4 aromatic rings. The number of nitro benzene ring substituents is 1. The fraction of sp³-hybridized carbons (Fsp3) is 0.0833. The minimum Gasteiger partial charge on any atom is -0.449 e. The number of hydrogen-bond donors (Lipinski definition) is 0. The molecule has 8 nitrogen and oxygen atoms in total. The van der Waals surface area contributed by atoms with Crippen molar-refractivity contribution in [2.45, 2.75) is 13.1 Å². The molecule has 0 atom stereocenters. The molecule has 0 spiro atoms. The second-order valence-corrected chi connectivity index (χ2v) is 7.88. The molecule has 0 unspecified atom stereocenters. The van der Waals surface area contributed by atoms with Gasteiger partial charge in [-0.15, -0.1) is 0 Å².